The minimum absolute atomic E-state index is 0.123. The second-order valence-corrected chi connectivity index (χ2v) is 3.85. The van der Waals surface area contributed by atoms with Gasteiger partial charge in [0.05, 0.1) is 5.92 Å². The van der Waals surface area contributed by atoms with E-state index in [1.165, 1.54) is 0 Å². The third kappa shape index (κ3) is 1.93. The van der Waals surface area contributed by atoms with Gasteiger partial charge >= 0.3 is 0 Å². The summed E-state index contributed by atoms with van der Waals surface area (Å²) in [5.74, 6) is 1.21. The fraction of sp³-hybridized carbons (Fsp3) is 0.455. The van der Waals surface area contributed by atoms with E-state index in [1.54, 1.807) is 7.05 Å². The Balaban J connectivity index is 1.97. The molecule has 1 fully saturated rings. The molecule has 0 unspecified atom stereocenters. The molecular formula is C11H15N3O. The SMILES string of the molecule is CNC(=O)C1CN(c2cccc(C)n2)C1. The Morgan fingerprint density at radius 1 is 1.53 bits per heavy atom. The standard InChI is InChI=1S/C11H15N3O/c1-8-4-3-5-10(13-8)14-6-9(7-14)11(15)12-2/h3-5,9H,6-7H2,1-2H3,(H,12,15). The molecule has 1 aromatic rings. The van der Waals surface area contributed by atoms with Crippen molar-refractivity contribution in [3.05, 3.63) is 23.9 Å². The van der Waals surface area contributed by atoms with Gasteiger partial charge in [0, 0.05) is 25.8 Å². The molecule has 4 heteroatoms. The first-order valence-corrected chi connectivity index (χ1v) is 5.11. The van der Waals surface area contributed by atoms with Crippen LogP contribution >= 0.6 is 0 Å². The highest BCUT2D eigenvalue weighted by atomic mass is 16.1. The predicted octanol–water partition coefficient (Wildman–Crippen LogP) is 0.572. The maximum atomic E-state index is 11.3. The number of hydrogen-bond donors (Lipinski definition) is 1. The lowest BCUT2D eigenvalue weighted by Gasteiger charge is -2.38. The number of amides is 1. The Kier molecular flexibility index (Phi) is 2.58. The number of carbonyl (C=O) groups is 1. The summed E-state index contributed by atoms with van der Waals surface area (Å²) in [4.78, 5) is 17.8. The van der Waals surface area contributed by atoms with Crippen molar-refractivity contribution in [2.45, 2.75) is 6.92 Å². The zero-order chi connectivity index (χ0) is 10.8. The molecule has 0 bridgehead atoms. The Bertz CT molecular complexity index is 372. The van der Waals surface area contributed by atoms with Gasteiger partial charge < -0.3 is 10.2 Å². The van der Waals surface area contributed by atoms with Crippen LogP contribution in [0.5, 0.6) is 0 Å². The largest absolute Gasteiger partial charge is 0.359 e. The van der Waals surface area contributed by atoms with E-state index in [0.717, 1.165) is 24.6 Å². The molecule has 0 spiro atoms. The number of hydrogen-bond acceptors (Lipinski definition) is 3. The Hall–Kier alpha value is -1.58. The molecule has 4 nitrogen and oxygen atoms in total. The monoisotopic (exact) mass is 205 g/mol. The van der Waals surface area contributed by atoms with Crippen LogP contribution in [0.25, 0.3) is 0 Å². The van der Waals surface area contributed by atoms with E-state index < -0.39 is 0 Å². The van der Waals surface area contributed by atoms with Crippen molar-refractivity contribution in [3.63, 3.8) is 0 Å². The number of anilines is 1. The first kappa shape index (κ1) is 9.96. The van der Waals surface area contributed by atoms with Crippen LogP contribution in [-0.2, 0) is 4.79 Å². The quantitative estimate of drug-likeness (QED) is 0.768. The first-order chi connectivity index (χ1) is 7.20. The molecule has 15 heavy (non-hydrogen) atoms. The first-order valence-electron chi connectivity index (χ1n) is 5.11. The lowest BCUT2D eigenvalue weighted by Crippen LogP contribution is -2.53. The van der Waals surface area contributed by atoms with Gasteiger partial charge in [-0.15, -0.1) is 0 Å². The molecule has 0 radical (unpaired) electrons. The van der Waals surface area contributed by atoms with Gasteiger partial charge in [-0.25, -0.2) is 4.98 Å². The molecule has 1 N–H and O–H groups in total. The van der Waals surface area contributed by atoms with Crippen molar-refractivity contribution in [2.75, 3.05) is 25.0 Å². The van der Waals surface area contributed by atoms with E-state index >= 15 is 0 Å². The van der Waals surface area contributed by atoms with Crippen LogP contribution in [0, 0.1) is 12.8 Å². The minimum Gasteiger partial charge on any atom is -0.359 e. The summed E-state index contributed by atoms with van der Waals surface area (Å²) in [7, 11) is 1.68. The summed E-state index contributed by atoms with van der Waals surface area (Å²) in [6.45, 7) is 3.52. The molecule has 0 saturated carbocycles. The van der Waals surface area contributed by atoms with Crippen molar-refractivity contribution in [3.8, 4) is 0 Å². The number of carbonyl (C=O) groups excluding carboxylic acids is 1. The summed E-state index contributed by atoms with van der Waals surface area (Å²) in [5.41, 5.74) is 1.01. The van der Waals surface area contributed by atoms with E-state index in [4.69, 9.17) is 0 Å². The maximum Gasteiger partial charge on any atom is 0.226 e. The van der Waals surface area contributed by atoms with E-state index in [9.17, 15) is 4.79 Å². The number of aryl methyl sites for hydroxylation is 1. The lowest BCUT2D eigenvalue weighted by atomic mass is 9.99. The average Bonchev–Trinajstić information content (AvgIpc) is 2.15. The fourth-order valence-corrected chi connectivity index (χ4v) is 1.74. The Morgan fingerprint density at radius 3 is 2.87 bits per heavy atom. The minimum atomic E-state index is 0.123. The smallest absolute Gasteiger partial charge is 0.226 e. The van der Waals surface area contributed by atoms with Crippen LogP contribution in [0.2, 0.25) is 0 Å². The van der Waals surface area contributed by atoms with Gasteiger partial charge in [0.25, 0.3) is 0 Å². The molecule has 1 aliphatic rings. The third-order valence-corrected chi connectivity index (χ3v) is 2.70. The highest BCUT2D eigenvalue weighted by molar-refractivity contribution is 5.81. The average molecular weight is 205 g/mol. The highest BCUT2D eigenvalue weighted by Gasteiger charge is 2.32. The molecule has 0 atom stereocenters. The van der Waals surface area contributed by atoms with Crippen LogP contribution in [0.1, 0.15) is 5.69 Å². The molecule has 0 aliphatic carbocycles. The van der Waals surface area contributed by atoms with Crippen molar-refractivity contribution in [1.29, 1.82) is 0 Å². The number of rotatable bonds is 2. The van der Waals surface area contributed by atoms with E-state index in [-0.39, 0.29) is 11.8 Å². The van der Waals surface area contributed by atoms with Crippen molar-refractivity contribution < 1.29 is 4.79 Å². The maximum absolute atomic E-state index is 11.3. The number of nitrogens with zero attached hydrogens (tertiary/aromatic N) is 2. The fourth-order valence-electron chi connectivity index (χ4n) is 1.74. The molecule has 1 saturated heterocycles. The molecule has 1 aliphatic heterocycles. The summed E-state index contributed by atoms with van der Waals surface area (Å²) >= 11 is 0. The molecule has 1 aromatic heterocycles. The van der Waals surface area contributed by atoms with Gasteiger partial charge in [0.1, 0.15) is 5.82 Å². The predicted molar refractivity (Wildman–Crippen MR) is 58.7 cm³/mol. The summed E-state index contributed by atoms with van der Waals surface area (Å²) in [6, 6.07) is 5.94. The highest BCUT2D eigenvalue weighted by Crippen LogP contribution is 2.22. The van der Waals surface area contributed by atoms with E-state index in [0.29, 0.717) is 0 Å². The van der Waals surface area contributed by atoms with Gasteiger partial charge in [-0.3, -0.25) is 4.79 Å². The molecular weight excluding hydrogens is 190 g/mol. The van der Waals surface area contributed by atoms with Gasteiger partial charge in [0.2, 0.25) is 5.91 Å². The van der Waals surface area contributed by atoms with Gasteiger partial charge in [-0.05, 0) is 19.1 Å². The summed E-state index contributed by atoms with van der Waals surface area (Å²) in [6.07, 6.45) is 0. The summed E-state index contributed by atoms with van der Waals surface area (Å²) in [5, 5.41) is 2.66. The van der Waals surface area contributed by atoms with Gasteiger partial charge in [0.15, 0.2) is 0 Å². The zero-order valence-electron chi connectivity index (χ0n) is 9.03. The normalized spacial score (nSPS) is 16.0. The number of pyridine rings is 1. The van der Waals surface area contributed by atoms with Crippen LogP contribution in [0.3, 0.4) is 0 Å². The molecule has 2 heterocycles. The molecule has 0 aromatic carbocycles. The van der Waals surface area contributed by atoms with Crippen LogP contribution in [0.4, 0.5) is 5.82 Å². The van der Waals surface area contributed by atoms with E-state index in [2.05, 4.69) is 15.2 Å². The van der Waals surface area contributed by atoms with Crippen molar-refractivity contribution >= 4 is 11.7 Å². The third-order valence-electron chi connectivity index (χ3n) is 2.70. The van der Waals surface area contributed by atoms with E-state index in [1.807, 2.05) is 25.1 Å². The van der Waals surface area contributed by atoms with Crippen LogP contribution < -0.4 is 10.2 Å². The molecule has 80 valence electrons. The summed E-state index contributed by atoms with van der Waals surface area (Å²) < 4.78 is 0. The lowest BCUT2D eigenvalue weighted by molar-refractivity contribution is -0.125. The Labute approximate surface area is 89.3 Å². The van der Waals surface area contributed by atoms with Crippen molar-refractivity contribution in [1.82, 2.24) is 10.3 Å². The number of nitrogens with one attached hydrogen (secondary N) is 1. The molecule has 1 amide bonds. The van der Waals surface area contributed by atoms with Gasteiger partial charge in [-0.2, -0.15) is 0 Å². The van der Waals surface area contributed by atoms with Crippen molar-refractivity contribution in [2.24, 2.45) is 5.92 Å². The zero-order valence-corrected chi connectivity index (χ0v) is 9.03. The van der Waals surface area contributed by atoms with Crippen LogP contribution in [-0.4, -0.2) is 31.0 Å². The van der Waals surface area contributed by atoms with Gasteiger partial charge in [-0.1, -0.05) is 6.07 Å². The second kappa shape index (κ2) is 3.88. The number of aromatic nitrogens is 1. The second-order valence-electron chi connectivity index (χ2n) is 3.85. The van der Waals surface area contributed by atoms with Crippen LogP contribution in [0.15, 0.2) is 18.2 Å². The topological polar surface area (TPSA) is 45.2 Å². The Morgan fingerprint density at radius 2 is 2.27 bits per heavy atom. The molecule has 2 rings (SSSR count).